The van der Waals surface area contributed by atoms with E-state index < -0.39 is 5.41 Å². The molecule has 2 heteroatoms. The summed E-state index contributed by atoms with van der Waals surface area (Å²) in [6.07, 6.45) is 8.78. The summed E-state index contributed by atoms with van der Waals surface area (Å²) in [6, 6.07) is 66.6. The molecule has 7 aromatic rings. The lowest BCUT2D eigenvalue weighted by atomic mass is 9.67. The highest BCUT2D eigenvalue weighted by molar-refractivity contribution is 5.90. The number of fused-ring (bicyclic) bond motifs is 3. The summed E-state index contributed by atoms with van der Waals surface area (Å²) in [6.45, 7) is 0. The van der Waals surface area contributed by atoms with Crippen LogP contribution >= 0.6 is 0 Å². The number of nitrogens with zero attached hydrogens (tertiary/aromatic N) is 2. The molecule has 9 rings (SSSR count). The molecule has 0 fully saturated rings. The molecule has 250 valence electrons. The molecule has 0 spiro atoms. The van der Waals surface area contributed by atoms with Crippen LogP contribution in [0.3, 0.4) is 0 Å². The Morgan fingerprint density at radius 3 is 1.71 bits per heavy atom. The van der Waals surface area contributed by atoms with E-state index in [2.05, 4.69) is 217 Å². The van der Waals surface area contributed by atoms with E-state index in [0.717, 1.165) is 29.9 Å². The Bertz CT molecular complexity index is 2370. The topological polar surface area (TPSA) is 6.48 Å². The summed E-state index contributed by atoms with van der Waals surface area (Å²) in [5, 5.41) is 0. The van der Waals surface area contributed by atoms with Crippen molar-refractivity contribution in [1.82, 2.24) is 0 Å². The number of rotatable bonds is 8. The van der Waals surface area contributed by atoms with Crippen LogP contribution < -0.4 is 9.80 Å². The van der Waals surface area contributed by atoms with Crippen molar-refractivity contribution in [3.05, 3.63) is 228 Å². The van der Waals surface area contributed by atoms with Crippen molar-refractivity contribution >= 4 is 22.7 Å². The number of para-hydroxylation sites is 2. The van der Waals surface area contributed by atoms with Gasteiger partial charge < -0.3 is 9.80 Å². The maximum atomic E-state index is 2.44. The Kier molecular flexibility index (Phi) is 8.14. The zero-order valence-electron chi connectivity index (χ0n) is 29.4. The molecule has 2 aliphatic rings. The molecule has 0 radical (unpaired) electrons. The van der Waals surface area contributed by atoms with E-state index in [0.29, 0.717) is 0 Å². The monoisotopic (exact) mass is 668 g/mol. The van der Waals surface area contributed by atoms with E-state index in [1.54, 1.807) is 0 Å². The van der Waals surface area contributed by atoms with Crippen molar-refractivity contribution in [1.29, 1.82) is 0 Å². The first-order valence-corrected chi connectivity index (χ1v) is 18.2. The summed E-state index contributed by atoms with van der Waals surface area (Å²) in [5.74, 6) is 0. The van der Waals surface area contributed by atoms with Gasteiger partial charge in [0.15, 0.2) is 0 Å². The van der Waals surface area contributed by atoms with Gasteiger partial charge in [-0.05, 0) is 100 Å². The van der Waals surface area contributed by atoms with Gasteiger partial charge in [-0.15, -0.1) is 0 Å². The van der Waals surface area contributed by atoms with Crippen molar-refractivity contribution < 1.29 is 0 Å². The second kappa shape index (κ2) is 13.4. The number of hydrogen-bond acceptors (Lipinski definition) is 2. The lowest BCUT2D eigenvalue weighted by Gasteiger charge is -2.35. The first kappa shape index (κ1) is 31.6. The van der Waals surface area contributed by atoms with Crippen molar-refractivity contribution in [2.45, 2.75) is 18.3 Å². The molecule has 0 heterocycles. The number of allylic oxidation sites excluding steroid dienone is 4. The highest BCUT2D eigenvalue weighted by Gasteiger charge is 2.46. The summed E-state index contributed by atoms with van der Waals surface area (Å²) >= 11 is 0. The van der Waals surface area contributed by atoms with Crippen LogP contribution in [0.1, 0.15) is 35.1 Å². The molecule has 0 amide bonds. The standard InChI is InChI=1S/C50H40N2/c1-51(40-22-10-4-11-23-40)49-29-17-15-26-44(49)37-30-32-42(33-31-37)52(41-24-12-5-13-25-41)43-34-35-46-45-27-14-16-28-47(45)50(48(46)36-43,38-18-6-2-7-19-38)39-20-8-3-9-21-39/h2-10,12-22,24-36H,11,23H2,1H3. The van der Waals surface area contributed by atoms with Crippen molar-refractivity contribution in [3.8, 4) is 22.3 Å². The lowest BCUT2D eigenvalue weighted by molar-refractivity contribution is 0.768. The van der Waals surface area contributed by atoms with Gasteiger partial charge in [0.05, 0.1) is 5.41 Å². The molecule has 0 aliphatic heterocycles. The minimum atomic E-state index is -0.462. The van der Waals surface area contributed by atoms with E-state index in [4.69, 9.17) is 0 Å². The third-order valence-electron chi connectivity index (χ3n) is 10.8. The largest absolute Gasteiger partial charge is 0.348 e. The average molecular weight is 669 g/mol. The fourth-order valence-electron chi connectivity index (χ4n) is 8.42. The predicted octanol–water partition coefficient (Wildman–Crippen LogP) is 12.9. The van der Waals surface area contributed by atoms with Crippen LogP contribution in [0.2, 0.25) is 0 Å². The predicted molar refractivity (Wildman–Crippen MR) is 219 cm³/mol. The smallest absolute Gasteiger partial charge is 0.0714 e. The van der Waals surface area contributed by atoms with Crippen molar-refractivity contribution in [2.24, 2.45) is 0 Å². The summed E-state index contributed by atoms with van der Waals surface area (Å²) in [4.78, 5) is 4.74. The maximum Gasteiger partial charge on any atom is 0.0714 e. The van der Waals surface area contributed by atoms with Crippen LogP contribution in [0, 0.1) is 0 Å². The highest BCUT2D eigenvalue weighted by Crippen LogP contribution is 2.57. The number of hydrogen-bond donors (Lipinski definition) is 0. The molecule has 0 saturated heterocycles. The van der Waals surface area contributed by atoms with Gasteiger partial charge >= 0.3 is 0 Å². The van der Waals surface area contributed by atoms with Crippen LogP contribution in [0.4, 0.5) is 22.7 Å². The van der Waals surface area contributed by atoms with Crippen LogP contribution in [0.5, 0.6) is 0 Å². The Morgan fingerprint density at radius 1 is 0.481 bits per heavy atom. The van der Waals surface area contributed by atoms with Gasteiger partial charge in [-0.2, -0.15) is 0 Å². The van der Waals surface area contributed by atoms with Gasteiger partial charge in [-0.25, -0.2) is 0 Å². The van der Waals surface area contributed by atoms with Gasteiger partial charge in [0.2, 0.25) is 0 Å². The Labute approximate surface area is 307 Å². The molecule has 0 atom stereocenters. The molecule has 7 aromatic carbocycles. The average Bonchev–Trinajstić information content (AvgIpc) is 3.53. The molecule has 0 unspecified atom stereocenters. The number of anilines is 4. The first-order valence-electron chi connectivity index (χ1n) is 18.2. The third-order valence-corrected chi connectivity index (χ3v) is 10.8. The molecule has 52 heavy (non-hydrogen) atoms. The van der Waals surface area contributed by atoms with Crippen LogP contribution in [0.25, 0.3) is 22.3 Å². The Balaban J connectivity index is 1.19. The Morgan fingerprint density at radius 2 is 1.04 bits per heavy atom. The maximum absolute atomic E-state index is 2.44. The molecular formula is C50H40N2. The van der Waals surface area contributed by atoms with Crippen molar-refractivity contribution in [2.75, 3.05) is 16.8 Å². The lowest BCUT2D eigenvalue weighted by Crippen LogP contribution is -2.28. The van der Waals surface area contributed by atoms with Gasteiger partial charge in [0.25, 0.3) is 0 Å². The third kappa shape index (κ3) is 5.27. The van der Waals surface area contributed by atoms with Crippen LogP contribution in [-0.4, -0.2) is 7.05 Å². The SMILES string of the molecule is CN(C1=CC=CCC1)c1ccccc1-c1ccc(N(c2ccccc2)c2ccc3c(c2)C(c2ccccc2)(c2ccccc2)c2ccccc2-3)cc1. The van der Waals surface area contributed by atoms with E-state index in [1.807, 2.05) is 0 Å². The molecule has 0 aromatic heterocycles. The van der Waals surface area contributed by atoms with E-state index in [1.165, 1.54) is 55.9 Å². The highest BCUT2D eigenvalue weighted by atomic mass is 15.1. The van der Waals surface area contributed by atoms with E-state index >= 15 is 0 Å². The molecule has 0 bridgehead atoms. The number of benzene rings is 7. The van der Waals surface area contributed by atoms with Crippen LogP contribution in [0.15, 0.2) is 206 Å². The fraction of sp³-hybridized carbons (Fsp3) is 0.0800. The quantitative estimate of drug-likeness (QED) is 0.159. The fourth-order valence-corrected chi connectivity index (χ4v) is 8.42. The van der Waals surface area contributed by atoms with Crippen LogP contribution in [-0.2, 0) is 5.41 Å². The second-order valence-corrected chi connectivity index (χ2v) is 13.7. The van der Waals surface area contributed by atoms with Gasteiger partial charge in [-0.1, -0.05) is 152 Å². The molecule has 2 nitrogen and oxygen atoms in total. The minimum absolute atomic E-state index is 0.462. The summed E-state index contributed by atoms with van der Waals surface area (Å²) in [7, 11) is 2.19. The molecule has 0 saturated carbocycles. The van der Waals surface area contributed by atoms with Gasteiger partial charge in [0.1, 0.15) is 0 Å². The van der Waals surface area contributed by atoms with E-state index in [-0.39, 0.29) is 0 Å². The van der Waals surface area contributed by atoms with Gasteiger partial charge in [0, 0.05) is 41.1 Å². The molecule has 2 aliphatic carbocycles. The molecular weight excluding hydrogens is 629 g/mol. The zero-order valence-corrected chi connectivity index (χ0v) is 29.4. The zero-order chi connectivity index (χ0) is 34.9. The Hall–Kier alpha value is -6.38. The van der Waals surface area contributed by atoms with E-state index in [9.17, 15) is 0 Å². The first-order chi connectivity index (χ1) is 25.7. The van der Waals surface area contributed by atoms with Gasteiger partial charge in [-0.3, -0.25) is 0 Å². The molecule has 0 N–H and O–H groups in total. The second-order valence-electron chi connectivity index (χ2n) is 13.7. The minimum Gasteiger partial charge on any atom is -0.348 e. The normalized spacial score (nSPS) is 13.9. The summed E-state index contributed by atoms with van der Waals surface area (Å²) < 4.78 is 0. The van der Waals surface area contributed by atoms with Crippen molar-refractivity contribution in [3.63, 3.8) is 0 Å². The summed E-state index contributed by atoms with van der Waals surface area (Å²) in [5.41, 5.74) is 15.6.